The van der Waals surface area contributed by atoms with Crippen LogP contribution in [0.1, 0.15) is 17.5 Å². The lowest BCUT2D eigenvalue weighted by Gasteiger charge is -2.18. The Balaban J connectivity index is 2.23. The van der Waals surface area contributed by atoms with E-state index in [1.807, 2.05) is 11.3 Å². The third kappa shape index (κ3) is 1.51. The first-order chi connectivity index (χ1) is 7.90. The molecule has 2 nitrogen and oxygen atoms in total. The van der Waals surface area contributed by atoms with Crippen molar-refractivity contribution in [2.45, 2.75) is 19.3 Å². The van der Waals surface area contributed by atoms with Crippen molar-refractivity contribution in [3.05, 3.63) is 28.6 Å². The summed E-state index contributed by atoms with van der Waals surface area (Å²) in [6, 6.07) is 4.28. The van der Waals surface area contributed by atoms with Crippen molar-refractivity contribution in [2.75, 3.05) is 13.2 Å². The van der Waals surface area contributed by atoms with Crippen LogP contribution in [0.2, 0.25) is 0 Å². The Morgan fingerprint density at radius 1 is 1.38 bits per heavy atom. The topological polar surface area (TPSA) is 35.2 Å². The number of hydrogen-bond acceptors (Lipinski definition) is 3. The van der Waals surface area contributed by atoms with Crippen LogP contribution in [0.15, 0.2) is 17.5 Å². The predicted octanol–water partition coefficient (Wildman–Crippen LogP) is 2.73. The third-order valence-electron chi connectivity index (χ3n) is 3.12. The first kappa shape index (κ1) is 10.1. The molecular weight excluding hydrogens is 218 g/mol. The van der Waals surface area contributed by atoms with Gasteiger partial charge in [-0.2, -0.15) is 0 Å². The Hall–Kier alpha value is -1.06. The van der Waals surface area contributed by atoms with Crippen molar-refractivity contribution in [2.24, 2.45) is 5.73 Å². The summed E-state index contributed by atoms with van der Waals surface area (Å²) < 4.78 is 7.08. The Bertz CT molecular complexity index is 518. The average molecular weight is 233 g/mol. The number of rotatable bonds is 2. The molecule has 2 heterocycles. The van der Waals surface area contributed by atoms with Gasteiger partial charge >= 0.3 is 0 Å². The minimum atomic E-state index is 0.719. The molecule has 0 amide bonds. The van der Waals surface area contributed by atoms with E-state index in [9.17, 15) is 0 Å². The molecule has 3 heteroatoms. The fraction of sp³-hybridized carbons (Fsp3) is 0.385. The Kier molecular flexibility index (Phi) is 2.58. The number of fused-ring (bicyclic) bond motifs is 3. The number of nitrogens with two attached hydrogens (primary N) is 1. The van der Waals surface area contributed by atoms with Crippen LogP contribution in [0.25, 0.3) is 10.1 Å². The van der Waals surface area contributed by atoms with Gasteiger partial charge in [-0.3, -0.25) is 0 Å². The van der Waals surface area contributed by atoms with E-state index < -0.39 is 0 Å². The highest BCUT2D eigenvalue weighted by Crippen LogP contribution is 2.37. The van der Waals surface area contributed by atoms with E-state index in [-0.39, 0.29) is 0 Å². The maximum Gasteiger partial charge on any atom is 0.123 e. The normalized spacial score (nSPS) is 14.8. The average Bonchev–Trinajstić information content (AvgIpc) is 2.73. The molecule has 1 aromatic carbocycles. The van der Waals surface area contributed by atoms with Crippen LogP contribution in [0, 0.1) is 0 Å². The maximum atomic E-state index is 5.71. The molecule has 0 fully saturated rings. The molecule has 0 aliphatic carbocycles. The molecule has 0 saturated heterocycles. The molecule has 2 N–H and O–H groups in total. The van der Waals surface area contributed by atoms with Crippen LogP contribution in [0.5, 0.6) is 5.75 Å². The van der Waals surface area contributed by atoms with E-state index in [0.717, 1.165) is 38.2 Å². The Morgan fingerprint density at radius 3 is 3.19 bits per heavy atom. The monoisotopic (exact) mass is 233 g/mol. The first-order valence-corrected chi connectivity index (χ1v) is 6.63. The van der Waals surface area contributed by atoms with E-state index >= 15 is 0 Å². The molecular formula is C13H15NOS. The summed E-state index contributed by atoms with van der Waals surface area (Å²) in [6.07, 6.45) is 3.24. The number of benzene rings is 1. The lowest BCUT2D eigenvalue weighted by molar-refractivity contribution is 0.289. The van der Waals surface area contributed by atoms with Gasteiger partial charge in [-0.25, -0.2) is 0 Å². The van der Waals surface area contributed by atoms with Crippen molar-refractivity contribution in [3.63, 3.8) is 0 Å². The number of ether oxygens (including phenoxy) is 1. The van der Waals surface area contributed by atoms with E-state index in [1.54, 1.807) is 0 Å². The van der Waals surface area contributed by atoms with Crippen molar-refractivity contribution in [1.29, 1.82) is 0 Å². The van der Waals surface area contributed by atoms with Crippen LogP contribution < -0.4 is 10.5 Å². The second-order valence-corrected chi connectivity index (χ2v) is 5.08. The quantitative estimate of drug-likeness (QED) is 0.865. The minimum absolute atomic E-state index is 0.719. The van der Waals surface area contributed by atoms with Crippen LogP contribution in [-0.2, 0) is 12.8 Å². The van der Waals surface area contributed by atoms with E-state index in [2.05, 4.69) is 17.5 Å². The summed E-state index contributed by atoms with van der Waals surface area (Å²) in [4.78, 5) is 0. The Labute approximate surface area is 99.0 Å². The fourth-order valence-electron chi connectivity index (χ4n) is 2.40. The molecule has 16 heavy (non-hydrogen) atoms. The molecule has 2 aromatic rings. The van der Waals surface area contributed by atoms with E-state index in [0.29, 0.717) is 0 Å². The van der Waals surface area contributed by atoms with Gasteiger partial charge in [0.1, 0.15) is 5.75 Å². The smallest absolute Gasteiger partial charge is 0.123 e. The van der Waals surface area contributed by atoms with E-state index in [1.165, 1.54) is 21.2 Å². The van der Waals surface area contributed by atoms with Crippen LogP contribution in [0.4, 0.5) is 0 Å². The highest BCUT2D eigenvalue weighted by molar-refractivity contribution is 7.17. The number of thiophene rings is 1. The largest absolute Gasteiger partial charge is 0.493 e. The van der Waals surface area contributed by atoms with Crippen molar-refractivity contribution >= 4 is 21.4 Å². The van der Waals surface area contributed by atoms with Gasteiger partial charge in [0.25, 0.3) is 0 Å². The van der Waals surface area contributed by atoms with Gasteiger partial charge in [-0.05, 0) is 48.9 Å². The standard InChI is InChI=1S/C13H15NOS/c14-6-5-9-8-16-12-4-3-11-10(13(9)12)2-1-7-15-11/h3-4,8H,1-2,5-7,14H2. The molecule has 0 radical (unpaired) electrons. The molecule has 1 aliphatic heterocycles. The summed E-state index contributed by atoms with van der Waals surface area (Å²) in [5.74, 6) is 1.08. The molecule has 0 spiro atoms. The highest BCUT2D eigenvalue weighted by atomic mass is 32.1. The van der Waals surface area contributed by atoms with Gasteiger partial charge in [0.15, 0.2) is 0 Å². The molecule has 1 aromatic heterocycles. The molecule has 0 saturated carbocycles. The number of aryl methyl sites for hydroxylation is 1. The molecule has 1 aliphatic rings. The first-order valence-electron chi connectivity index (χ1n) is 5.75. The lowest BCUT2D eigenvalue weighted by atomic mass is 9.98. The second kappa shape index (κ2) is 4.07. The SMILES string of the molecule is NCCc1csc2ccc3c(c12)CCCO3. The van der Waals surface area contributed by atoms with Crippen LogP contribution in [0.3, 0.4) is 0 Å². The molecule has 0 atom stereocenters. The van der Waals surface area contributed by atoms with Gasteiger partial charge < -0.3 is 10.5 Å². The highest BCUT2D eigenvalue weighted by Gasteiger charge is 2.16. The molecule has 0 bridgehead atoms. The minimum Gasteiger partial charge on any atom is -0.493 e. The van der Waals surface area contributed by atoms with Crippen molar-refractivity contribution in [3.8, 4) is 5.75 Å². The molecule has 0 unspecified atom stereocenters. The number of hydrogen-bond donors (Lipinski definition) is 1. The summed E-state index contributed by atoms with van der Waals surface area (Å²) in [5.41, 5.74) is 8.45. The van der Waals surface area contributed by atoms with Gasteiger partial charge in [0.05, 0.1) is 6.61 Å². The summed E-state index contributed by atoms with van der Waals surface area (Å²) in [5, 5.41) is 3.65. The maximum absolute atomic E-state index is 5.71. The zero-order valence-corrected chi connectivity index (χ0v) is 9.98. The Morgan fingerprint density at radius 2 is 2.31 bits per heavy atom. The van der Waals surface area contributed by atoms with Crippen molar-refractivity contribution < 1.29 is 4.74 Å². The lowest BCUT2D eigenvalue weighted by Crippen LogP contribution is -2.09. The van der Waals surface area contributed by atoms with Gasteiger partial charge in [-0.1, -0.05) is 0 Å². The van der Waals surface area contributed by atoms with Gasteiger partial charge in [0.2, 0.25) is 0 Å². The molecule has 3 rings (SSSR count). The van der Waals surface area contributed by atoms with Crippen LogP contribution >= 0.6 is 11.3 Å². The van der Waals surface area contributed by atoms with Crippen molar-refractivity contribution in [1.82, 2.24) is 0 Å². The second-order valence-electron chi connectivity index (χ2n) is 4.17. The third-order valence-corrected chi connectivity index (χ3v) is 4.12. The summed E-state index contributed by atoms with van der Waals surface area (Å²) in [6.45, 7) is 1.57. The van der Waals surface area contributed by atoms with Gasteiger partial charge in [-0.15, -0.1) is 11.3 Å². The van der Waals surface area contributed by atoms with Crippen LogP contribution in [-0.4, -0.2) is 13.2 Å². The zero-order valence-electron chi connectivity index (χ0n) is 9.16. The fourth-order valence-corrected chi connectivity index (χ4v) is 3.43. The summed E-state index contributed by atoms with van der Waals surface area (Å²) >= 11 is 1.82. The van der Waals surface area contributed by atoms with Gasteiger partial charge in [0, 0.05) is 15.6 Å². The predicted molar refractivity (Wildman–Crippen MR) is 68.4 cm³/mol. The molecule has 84 valence electrons. The van der Waals surface area contributed by atoms with E-state index in [4.69, 9.17) is 10.5 Å². The summed E-state index contributed by atoms with van der Waals surface area (Å²) in [7, 11) is 0. The zero-order chi connectivity index (χ0) is 11.0.